The maximum Gasteiger partial charge on any atom is 0.251 e. The van der Waals surface area contributed by atoms with Crippen LogP contribution >= 0.6 is 0 Å². The Bertz CT molecular complexity index is 854. The highest BCUT2D eigenvalue weighted by Crippen LogP contribution is 2.14. The molecule has 0 spiro atoms. The average Bonchev–Trinajstić information content (AvgIpc) is 2.62. The van der Waals surface area contributed by atoms with Gasteiger partial charge in [0.25, 0.3) is 5.91 Å². The summed E-state index contributed by atoms with van der Waals surface area (Å²) >= 11 is 0. The summed E-state index contributed by atoms with van der Waals surface area (Å²) in [4.78, 5) is 33.5. The van der Waals surface area contributed by atoms with Gasteiger partial charge in [-0.05, 0) is 58.7 Å². The fourth-order valence-electron chi connectivity index (χ4n) is 2.40. The Hall–Kier alpha value is -2.74. The van der Waals surface area contributed by atoms with Crippen molar-refractivity contribution in [3.05, 3.63) is 40.7 Å². The maximum absolute atomic E-state index is 12.6. The number of H-pyrrole nitrogens is 1. The van der Waals surface area contributed by atoms with Crippen LogP contribution in [0.1, 0.15) is 40.0 Å². The van der Waals surface area contributed by atoms with Gasteiger partial charge in [0.05, 0.1) is 0 Å². The summed E-state index contributed by atoms with van der Waals surface area (Å²) in [5, 5.41) is 10.9. The Morgan fingerprint density at radius 3 is 2.74 bits per heavy atom. The highest BCUT2D eigenvalue weighted by Gasteiger charge is 2.20. The fraction of sp³-hybridized carbons (Fsp3) is 0.474. The molecule has 0 saturated carbocycles. The molecule has 0 saturated heterocycles. The van der Waals surface area contributed by atoms with Gasteiger partial charge in [0.15, 0.2) is 6.04 Å². The van der Waals surface area contributed by atoms with Gasteiger partial charge in [-0.15, -0.1) is 5.11 Å². The quantitative estimate of drug-likeness (QED) is 0.374. The minimum absolute atomic E-state index is 0.175. The highest BCUT2D eigenvalue weighted by atomic mass is 16.7. The molecule has 0 unspecified atom stereocenters. The number of pyridine rings is 1. The Morgan fingerprint density at radius 1 is 1.30 bits per heavy atom. The van der Waals surface area contributed by atoms with Crippen molar-refractivity contribution in [2.24, 2.45) is 16.1 Å². The lowest BCUT2D eigenvalue weighted by atomic mass is 10.1. The van der Waals surface area contributed by atoms with Gasteiger partial charge in [-0.25, -0.2) is 0 Å². The first-order valence-corrected chi connectivity index (χ1v) is 9.01. The van der Waals surface area contributed by atoms with Crippen LogP contribution in [0.25, 0.3) is 10.9 Å². The Kier molecular flexibility index (Phi) is 7.06. The van der Waals surface area contributed by atoms with E-state index in [1.54, 1.807) is 18.2 Å². The molecule has 0 aliphatic heterocycles. The molecule has 1 atom stereocenters. The number of amides is 1. The third-order valence-corrected chi connectivity index (χ3v) is 3.78. The van der Waals surface area contributed by atoms with Crippen molar-refractivity contribution in [1.29, 1.82) is 0 Å². The Labute approximate surface area is 158 Å². The van der Waals surface area contributed by atoms with Crippen LogP contribution in [-0.4, -0.2) is 29.1 Å². The van der Waals surface area contributed by atoms with Crippen LogP contribution in [0.5, 0.6) is 0 Å². The molecule has 8 nitrogen and oxygen atoms in total. The summed E-state index contributed by atoms with van der Waals surface area (Å²) in [5.41, 5.74) is 5.65. The first kappa shape index (κ1) is 20.6. The zero-order valence-corrected chi connectivity index (χ0v) is 16.0. The number of hydrogen-bond acceptors (Lipinski definition) is 6. The van der Waals surface area contributed by atoms with E-state index in [2.05, 4.69) is 20.7 Å². The molecular weight excluding hydrogens is 346 g/mol. The maximum atomic E-state index is 12.6. The number of carbonyl (C=O) groups excluding carboxylic acids is 1. The minimum Gasteiger partial charge on any atom is -0.374 e. The predicted molar refractivity (Wildman–Crippen MR) is 106 cm³/mol. The molecule has 2 aromatic rings. The lowest BCUT2D eigenvalue weighted by Crippen LogP contribution is -2.29. The molecule has 0 fully saturated rings. The van der Waals surface area contributed by atoms with Gasteiger partial charge in [0.2, 0.25) is 5.43 Å². The molecule has 0 aliphatic carbocycles. The molecule has 1 aromatic heterocycles. The summed E-state index contributed by atoms with van der Waals surface area (Å²) in [6.45, 7) is 6.05. The van der Waals surface area contributed by atoms with E-state index >= 15 is 0 Å². The molecule has 0 radical (unpaired) electrons. The summed E-state index contributed by atoms with van der Waals surface area (Å²) in [5.74, 6) is -0.408. The number of aromatic amines is 1. The summed E-state index contributed by atoms with van der Waals surface area (Å²) in [7, 11) is 0. The number of rotatable bonds is 8. The number of nitrogens with one attached hydrogen (secondary N) is 2. The molecule has 1 amide bonds. The molecule has 27 heavy (non-hydrogen) atoms. The number of nitrogens with two attached hydrogens (primary N) is 1. The monoisotopic (exact) mass is 373 g/mol. The number of nitrogens with zero attached hydrogens (tertiary/aromatic N) is 2. The summed E-state index contributed by atoms with van der Waals surface area (Å²) in [6.07, 6.45) is 3.45. The Balaban J connectivity index is 2.16. The van der Waals surface area contributed by atoms with E-state index in [4.69, 9.17) is 10.6 Å². The van der Waals surface area contributed by atoms with E-state index in [-0.39, 0.29) is 11.1 Å². The van der Waals surface area contributed by atoms with Crippen molar-refractivity contribution in [3.63, 3.8) is 0 Å². The van der Waals surface area contributed by atoms with Crippen LogP contribution in [0, 0.1) is 0 Å². The number of unbranched alkanes of at least 4 members (excludes halogenated alkanes) is 1. The van der Waals surface area contributed by atoms with Crippen molar-refractivity contribution < 1.29 is 9.63 Å². The number of carbonyl (C=O) groups is 1. The third kappa shape index (κ3) is 6.18. The Morgan fingerprint density at radius 2 is 2.04 bits per heavy atom. The topological polar surface area (TPSA) is 122 Å². The van der Waals surface area contributed by atoms with Crippen LogP contribution in [-0.2, 0) is 9.63 Å². The van der Waals surface area contributed by atoms with E-state index in [1.165, 1.54) is 6.20 Å². The SMILES string of the molecule is CC(C)(C)ON=N[C@H](CCCCN)C(=O)Nc1c[nH]c2ccccc2c1=O. The molecule has 0 aliphatic rings. The standard InChI is InChI=1S/C19H27N5O3/c1-19(2,3)27-24-23-15(10-6-7-11-20)18(26)22-16-12-21-14-9-5-4-8-13(14)17(16)25/h4-5,8-9,12,15H,6-7,10-11,20H2,1-3H3,(H,21,25)(H,22,26)/t15-/m1/s1. The second kappa shape index (κ2) is 9.27. The zero-order valence-electron chi connectivity index (χ0n) is 16.0. The van der Waals surface area contributed by atoms with Gasteiger partial charge in [-0.1, -0.05) is 12.1 Å². The minimum atomic E-state index is -0.759. The van der Waals surface area contributed by atoms with Crippen molar-refractivity contribution in [1.82, 2.24) is 4.98 Å². The van der Waals surface area contributed by atoms with Crippen molar-refractivity contribution in [3.8, 4) is 0 Å². The lowest BCUT2D eigenvalue weighted by molar-refractivity contribution is -0.118. The number of hydrogen-bond donors (Lipinski definition) is 3. The summed E-state index contributed by atoms with van der Waals surface area (Å²) in [6, 6.07) is 6.36. The molecular formula is C19H27N5O3. The number of anilines is 1. The van der Waals surface area contributed by atoms with E-state index in [9.17, 15) is 9.59 Å². The van der Waals surface area contributed by atoms with Gasteiger partial charge >= 0.3 is 0 Å². The smallest absolute Gasteiger partial charge is 0.251 e. The number of aromatic nitrogens is 1. The van der Waals surface area contributed by atoms with Gasteiger partial charge in [-0.2, -0.15) is 0 Å². The fourth-order valence-corrected chi connectivity index (χ4v) is 2.40. The van der Waals surface area contributed by atoms with Gasteiger partial charge in [0.1, 0.15) is 11.3 Å². The molecule has 2 rings (SSSR count). The normalized spacial score (nSPS) is 13.0. The highest BCUT2D eigenvalue weighted by molar-refractivity contribution is 5.96. The predicted octanol–water partition coefficient (Wildman–Crippen LogP) is 3.15. The van der Waals surface area contributed by atoms with Crippen molar-refractivity contribution >= 4 is 22.5 Å². The van der Waals surface area contributed by atoms with Crippen LogP contribution in [0.3, 0.4) is 0 Å². The summed E-state index contributed by atoms with van der Waals surface area (Å²) < 4.78 is 0. The van der Waals surface area contributed by atoms with Crippen LogP contribution in [0.4, 0.5) is 5.69 Å². The van der Waals surface area contributed by atoms with Crippen LogP contribution < -0.4 is 16.5 Å². The van der Waals surface area contributed by atoms with Gasteiger partial charge < -0.3 is 20.9 Å². The van der Waals surface area contributed by atoms with Gasteiger partial charge in [0, 0.05) is 22.4 Å². The number of fused-ring (bicyclic) bond motifs is 1. The number of benzene rings is 1. The largest absolute Gasteiger partial charge is 0.374 e. The third-order valence-electron chi connectivity index (χ3n) is 3.78. The molecule has 1 heterocycles. The van der Waals surface area contributed by atoms with E-state index in [1.807, 2.05) is 26.8 Å². The zero-order chi connectivity index (χ0) is 19.9. The molecule has 8 heteroatoms. The van der Waals surface area contributed by atoms with Gasteiger partial charge in [-0.3, -0.25) is 9.59 Å². The number of para-hydroxylation sites is 1. The van der Waals surface area contributed by atoms with Crippen molar-refractivity contribution in [2.45, 2.75) is 51.7 Å². The van der Waals surface area contributed by atoms with Crippen molar-refractivity contribution in [2.75, 3.05) is 11.9 Å². The average molecular weight is 373 g/mol. The lowest BCUT2D eigenvalue weighted by Gasteiger charge is -2.16. The second-order valence-corrected chi connectivity index (χ2v) is 7.27. The van der Waals surface area contributed by atoms with E-state index in [0.29, 0.717) is 23.9 Å². The molecule has 146 valence electrons. The van der Waals surface area contributed by atoms with E-state index in [0.717, 1.165) is 12.8 Å². The van der Waals surface area contributed by atoms with Crippen LogP contribution in [0.2, 0.25) is 0 Å². The van der Waals surface area contributed by atoms with Crippen LogP contribution in [0.15, 0.2) is 45.6 Å². The first-order valence-electron chi connectivity index (χ1n) is 9.01. The first-order chi connectivity index (χ1) is 12.8. The molecule has 4 N–H and O–H groups in total. The molecule has 1 aromatic carbocycles. The van der Waals surface area contributed by atoms with E-state index < -0.39 is 17.6 Å². The second-order valence-electron chi connectivity index (χ2n) is 7.27. The molecule has 0 bridgehead atoms.